The molecular formula is C20H21ClN2O7S. The van der Waals surface area contributed by atoms with E-state index in [0.29, 0.717) is 24.7 Å². The molecule has 0 unspecified atom stereocenters. The molecule has 2 aromatic carbocycles. The average Bonchev–Trinajstić information content (AvgIpc) is 2.73. The number of sulfonamides is 1. The molecule has 0 saturated carbocycles. The van der Waals surface area contributed by atoms with Gasteiger partial charge in [0.15, 0.2) is 11.5 Å². The minimum absolute atomic E-state index is 0.150. The van der Waals surface area contributed by atoms with Crippen LogP contribution in [0.4, 0.5) is 11.4 Å². The van der Waals surface area contributed by atoms with Gasteiger partial charge in [0.25, 0.3) is 0 Å². The Hall–Kier alpha value is -2.98. The van der Waals surface area contributed by atoms with Crippen LogP contribution in [0.5, 0.6) is 11.5 Å². The van der Waals surface area contributed by atoms with Gasteiger partial charge in [0.05, 0.1) is 35.3 Å². The van der Waals surface area contributed by atoms with E-state index < -0.39 is 27.9 Å². The molecule has 1 heterocycles. The van der Waals surface area contributed by atoms with Gasteiger partial charge in [0.2, 0.25) is 15.9 Å². The molecule has 3 rings (SSSR count). The molecule has 0 radical (unpaired) electrons. The van der Waals surface area contributed by atoms with Gasteiger partial charge in [-0.05, 0) is 37.3 Å². The highest BCUT2D eigenvalue weighted by atomic mass is 35.5. The van der Waals surface area contributed by atoms with E-state index in [0.717, 1.165) is 10.6 Å². The van der Waals surface area contributed by atoms with Crippen LogP contribution in [-0.4, -0.2) is 52.9 Å². The van der Waals surface area contributed by atoms with Crippen molar-refractivity contribution in [3.63, 3.8) is 0 Å². The van der Waals surface area contributed by atoms with Crippen LogP contribution in [0.15, 0.2) is 36.4 Å². The van der Waals surface area contributed by atoms with Crippen LogP contribution in [-0.2, 0) is 19.6 Å². The lowest BCUT2D eigenvalue weighted by atomic mass is 10.2. The zero-order valence-electron chi connectivity index (χ0n) is 17.0. The fourth-order valence-electron chi connectivity index (χ4n) is 3.08. The third-order valence-electron chi connectivity index (χ3n) is 4.51. The van der Waals surface area contributed by atoms with E-state index in [1.165, 1.54) is 44.4 Å². The summed E-state index contributed by atoms with van der Waals surface area (Å²) in [6.45, 7) is 2.16. The monoisotopic (exact) mass is 468 g/mol. The van der Waals surface area contributed by atoms with Crippen molar-refractivity contribution in [2.45, 2.75) is 13.0 Å². The summed E-state index contributed by atoms with van der Waals surface area (Å²) in [5.41, 5.74) is 0.572. The number of rotatable bonds is 6. The van der Waals surface area contributed by atoms with Crippen LogP contribution in [0.25, 0.3) is 0 Å². The van der Waals surface area contributed by atoms with Crippen molar-refractivity contribution in [3.05, 3.63) is 47.0 Å². The molecule has 1 aliphatic heterocycles. The van der Waals surface area contributed by atoms with Crippen molar-refractivity contribution in [2.24, 2.45) is 0 Å². The van der Waals surface area contributed by atoms with Gasteiger partial charge in [-0.1, -0.05) is 11.6 Å². The number of nitrogens with zero attached hydrogens (tertiary/aromatic N) is 1. The molecular weight excluding hydrogens is 448 g/mol. The Bertz CT molecular complexity index is 1120. The number of methoxy groups -OCH3 is 1. The zero-order valence-corrected chi connectivity index (χ0v) is 18.6. The van der Waals surface area contributed by atoms with Crippen LogP contribution in [0.3, 0.4) is 0 Å². The van der Waals surface area contributed by atoms with E-state index in [-0.39, 0.29) is 22.0 Å². The van der Waals surface area contributed by atoms with E-state index in [2.05, 4.69) is 10.1 Å². The standard InChI is InChI=1S/C20H21ClN2O7S/c1-12(19(24)22-16-10-13(20(25)28-2)4-6-15(16)21)23(31(3,26)27)14-5-7-17-18(11-14)30-9-8-29-17/h4-7,10-12H,8-9H2,1-3H3,(H,22,24)/t12-/m0/s1. The highest BCUT2D eigenvalue weighted by molar-refractivity contribution is 7.92. The molecule has 1 N–H and O–H groups in total. The van der Waals surface area contributed by atoms with Crippen LogP contribution in [0, 0.1) is 0 Å². The predicted molar refractivity (Wildman–Crippen MR) is 116 cm³/mol. The number of halogens is 1. The van der Waals surface area contributed by atoms with Crippen molar-refractivity contribution >= 4 is 44.9 Å². The number of benzene rings is 2. The molecule has 0 fully saturated rings. The number of hydrogen-bond donors (Lipinski definition) is 1. The van der Waals surface area contributed by atoms with E-state index in [1.807, 2.05) is 0 Å². The first kappa shape index (κ1) is 22.7. The summed E-state index contributed by atoms with van der Waals surface area (Å²) in [4.78, 5) is 24.7. The van der Waals surface area contributed by atoms with Crippen LogP contribution < -0.4 is 19.1 Å². The van der Waals surface area contributed by atoms with Crippen molar-refractivity contribution in [1.82, 2.24) is 0 Å². The van der Waals surface area contributed by atoms with Crippen LogP contribution in [0.2, 0.25) is 5.02 Å². The van der Waals surface area contributed by atoms with Crippen molar-refractivity contribution < 1.29 is 32.2 Å². The van der Waals surface area contributed by atoms with E-state index in [1.54, 1.807) is 6.07 Å². The number of hydrogen-bond acceptors (Lipinski definition) is 7. The lowest BCUT2D eigenvalue weighted by molar-refractivity contribution is -0.116. The fourth-order valence-corrected chi connectivity index (χ4v) is 4.41. The third kappa shape index (κ3) is 5.02. The Morgan fingerprint density at radius 1 is 1.13 bits per heavy atom. The molecule has 1 aliphatic rings. The maximum Gasteiger partial charge on any atom is 0.337 e. The van der Waals surface area contributed by atoms with Gasteiger partial charge >= 0.3 is 5.97 Å². The first-order valence-electron chi connectivity index (χ1n) is 9.19. The zero-order chi connectivity index (χ0) is 22.8. The molecule has 11 heteroatoms. The molecule has 31 heavy (non-hydrogen) atoms. The van der Waals surface area contributed by atoms with Gasteiger partial charge in [0.1, 0.15) is 19.3 Å². The highest BCUT2D eigenvalue weighted by Gasteiger charge is 2.30. The molecule has 9 nitrogen and oxygen atoms in total. The number of carbonyl (C=O) groups is 2. The summed E-state index contributed by atoms with van der Waals surface area (Å²) in [5, 5.41) is 2.75. The Labute approximate surface area is 184 Å². The smallest absolute Gasteiger partial charge is 0.337 e. The van der Waals surface area contributed by atoms with E-state index in [9.17, 15) is 18.0 Å². The molecule has 0 saturated heterocycles. The fraction of sp³-hybridized carbons (Fsp3) is 0.300. The summed E-state index contributed by atoms with van der Waals surface area (Å²) in [7, 11) is -2.62. The third-order valence-corrected chi connectivity index (χ3v) is 6.09. The number of anilines is 2. The number of amides is 1. The highest BCUT2D eigenvalue weighted by Crippen LogP contribution is 2.35. The van der Waals surface area contributed by atoms with Gasteiger partial charge in [-0.25, -0.2) is 13.2 Å². The number of carbonyl (C=O) groups excluding carboxylic acids is 2. The minimum Gasteiger partial charge on any atom is -0.486 e. The molecule has 1 amide bonds. The molecule has 1 atom stereocenters. The maximum atomic E-state index is 12.9. The van der Waals surface area contributed by atoms with Gasteiger partial charge in [-0.3, -0.25) is 9.10 Å². The summed E-state index contributed by atoms with van der Waals surface area (Å²) in [6.07, 6.45) is 0.998. The molecule has 166 valence electrons. The Morgan fingerprint density at radius 3 is 2.45 bits per heavy atom. The number of fused-ring (bicyclic) bond motifs is 1. The average molecular weight is 469 g/mol. The van der Waals surface area contributed by atoms with Crippen LogP contribution >= 0.6 is 11.6 Å². The summed E-state index contributed by atoms with van der Waals surface area (Å²) in [5.74, 6) is -0.371. The lowest BCUT2D eigenvalue weighted by Crippen LogP contribution is -2.45. The summed E-state index contributed by atoms with van der Waals surface area (Å²) >= 11 is 6.13. The summed E-state index contributed by atoms with van der Waals surface area (Å²) in [6, 6.07) is 7.72. The lowest BCUT2D eigenvalue weighted by Gasteiger charge is -2.29. The van der Waals surface area contributed by atoms with Crippen molar-refractivity contribution in [1.29, 1.82) is 0 Å². The Balaban J connectivity index is 1.90. The van der Waals surface area contributed by atoms with Gasteiger partial charge in [-0.2, -0.15) is 0 Å². The largest absolute Gasteiger partial charge is 0.486 e. The second kappa shape index (κ2) is 9.03. The quantitative estimate of drug-likeness (QED) is 0.649. The van der Waals surface area contributed by atoms with Crippen LogP contribution in [0.1, 0.15) is 17.3 Å². The molecule has 0 spiro atoms. The second-order valence-corrected chi connectivity index (χ2v) is 9.00. The molecule has 0 aliphatic carbocycles. The molecule has 0 bridgehead atoms. The van der Waals surface area contributed by atoms with Crippen molar-refractivity contribution in [3.8, 4) is 11.5 Å². The Kier molecular flexibility index (Phi) is 6.61. The first-order chi connectivity index (χ1) is 14.6. The van der Waals surface area contributed by atoms with Crippen molar-refractivity contribution in [2.75, 3.05) is 36.2 Å². The van der Waals surface area contributed by atoms with Gasteiger partial charge in [-0.15, -0.1) is 0 Å². The van der Waals surface area contributed by atoms with Gasteiger partial charge < -0.3 is 19.5 Å². The minimum atomic E-state index is -3.85. The van der Waals surface area contributed by atoms with E-state index >= 15 is 0 Å². The van der Waals surface area contributed by atoms with Gasteiger partial charge in [0, 0.05) is 6.07 Å². The predicted octanol–water partition coefficient (Wildman–Crippen LogP) is 2.69. The first-order valence-corrected chi connectivity index (χ1v) is 11.4. The topological polar surface area (TPSA) is 111 Å². The second-order valence-electron chi connectivity index (χ2n) is 6.74. The number of ether oxygens (including phenoxy) is 3. The number of esters is 1. The molecule has 2 aromatic rings. The SMILES string of the molecule is COC(=O)c1ccc(Cl)c(NC(=O)[C@H](C)N(c2ccc3c(c2)OCCO3)S(C)(=O)=O)c1. The Morgan fingerprint density at radius 2 is 1.81 bits per heavy atom. The van der Waals surface area contributed by atoms with E-state index in [4.69, 9.17) is 21.1 Å². The number of nitrogens with one attached hydrogen (secondary N) is 1. The maximum absolute atomic E-state index is 12.9. The summed E-state index contributed by atoms with van der Waals surface area (Å²) < 4.78 is 41.7. The molecule has 0 aromatic heterocycles. The normalized spacial score (nSPS) is 13.8.